The number of piperazine rings is 1. The zero-order chi connectivity index (χ0) is 35.1. The number of nitrogens with one attached hydrogen (secondary N) is 2. The highest BCUT2D eigenvalue weighted by Gasteiger charge is 2.24. The average Bonchev–Trinajstić information content (AvgIpc) is 3.11. The summed E-state index contributed by atoms with van der Waals surface area (Å²) < 4.78 is 23.9. The summed E-state index contributed by atoms with van der Waals surface area (Å²) in [4.78, 5) is 61.4. The Morgan fingerprint density at radius 3 is 2.26 bits per heavy atom. The number of nitrogens with zero attached hydrogens (tertiary/aromatic N) is 4. The quantitative estimate of drug-likeness (QED) is 0.119. The van der Waals surface area contributed by atoms with E-state index in [0.717, 1.165) is 58.2 Å². The molecular formula is C38H41FN6O5. The van der Waals surface area contributed by atoms with Crippen molar-refractivity contribution in [2.75, 3.05) is 78.8 Å². The van der Waals surface area contributed by atoms with Crippen molar-refractivity contribution in [3.05, 3.63) is 90.7 Å². The number of amides is 1. The zero-order valence-corrected chi connectivity index (χ0v) is 28.6. The largest absolute Gasteiger partial charge is 0.451 e. The van der Waals surface area contributed by atoms with Crippen LogP contribution in [0.4, 0.5) is 10.1 Å². The van der Waals surface area contributed by atoms with Crippen LogP contribution in [0.2, 0.25) is 0 Å². The van der Waals surface area contributed by atoms with E-state index >= 15 is 4.39 Å². The molecule has 6 aromatic rings. The molecule has 2 aromatic heterocycles. The lowest BCUT2D eigenvalue weighted by atomic mass is 10.0. The number of hydrogen-bond donors (Lipinski definition) is 2. The average molecular weight is 681 g/mol. The maximum atomic E-state index is 15.9. The zero-order valence-electron chi connectivity index (χ0n) is 28.6. The van der Waals surface area contributed by atoms with Gasteiger partial charge >= 0.3 is 0 Å². The Balaban J connectivity index is 1.35. The first kappa shape index (κ1) is 33.6. The van der Waals surface area contributed by atoms with E-state index in [1.165, 1.54) is 12.3 Å². The van der Waals surface area contributed by atoms with E-state index < -0.39 is 17.2 Å². The maximum Gasteiger partial charge on any atom is 0.256 e. The number of unbranched alkanes of at least 4 members (excludes halogenated alkanes) is 1. The van der Waals surface area contributed by atoms with Crippen molar-refractivity contribution < 1.29 is 13.6 Å². The molecule has 11 nitrogen and oxygen atoms in total. The fourth-order valence-corrected chi connectivity index (χ4v) is 6.97. The van der Waals surface area contributed by atoms with Crippen molar-refractivity contribution in [1.82, 2.24) is 24.4 Å². The normalized spacial score (nSPS) is 14.6. The summed E-state index contributed by atoms with van der Waals surface area (Å²) in [5, 5.41) is 6.95. The molecule has 2 N–H and O–H groups in total. The highest BCUT2D eigenvalue weighted by molar-refractivity contribution is 6.08. The van der Waals surface area contributed by atoms with Gasteiger partial charge in [-0.15, -0.1) is 0 Å². The number of likely N-dealkylation sites (N-methyl/N-ethyl adjacent to an activating group) is 1. The Kier molecular flexibility index (Phi) is 9.25. The van der Waals surface area contributed by atoms with Crippen LogP contribution < -0.4 is 26.9 Å². The number of aromatic nitrogens is 1. The van der Waals surface area contributed by atoms with Crippen LogP contribution in [0.5, 0.6) is 0 Å². The van der Waals surface area contributed by atoms with Crippen LogP contribution in [0.15, 0.2) is 67.5 Å². The van der Waals surface area contributed by atoms with E-state index in [1.54, 1.807) is 34.7 Å². The summed E-state index contributed by atoms with van der Waals surface area (Å²) >= 11 is 0. The Hall–Kier alpha value is -4.91. The molecule has 12 heteroatoms. The fourth-order valence-electron chi connectivity index (χ4n) is 6.97. The van der Waals surface area contributed by atoms with E-state index in [1.807, 2.05) is 14.1 Å². The lowest BCUT2D eigenvalue weighted by Crippen LogP contribution is -2.45. The SMILES string of the molecule is CN(C)CCCCNc1c(F)cc2c(=O)c(C(=O)NCCCN3CCN(C)CC3)cn3c4cc5c(=O)c6ccccc6c(=O)c5cc4oc1c23. The second-order valence-corrected chi connectivity index (χ2v) is 13.6. The molecule has 0 radical (unpaired) electrons. The molecule has 0 saturated carbocycles. The van der Waals surface area contributed by atoms with Crippen LogP contribution in [0.3, 0.4) is 0 Å². The van der Waals surface area contributed by atoms with Crippen molar-refractivity contribution in [2.45, 2.75) is 19.3 Å². The highest BCUT2D eigenvalue weighted by Crippen LogP contribution is 2.34. The van der Waals surface area contributed by atoms with Gasteiger partial charge in [0.2, 0.25) is 5.43 Å². The molecule has 1 saturated heterocycles. The van der Waals surface area contributed by atoms with Gasteiger partial charge in [-0.1, -0.05) is 24.3 Å². The van der Waals surface area contributed by atoms with Gasteiger partial charge in [0.05, 0.1) is 10.9 Å². The molecule has 0 bridgehead atoms. The third-order valence-electron chi connectivity index (χ3n) is 9.78. The molecule has 4 aromatic carbocycles. The molecular weight excluding hydrogens is 639 g/mol. The number of pyridine rings is 1. The van der Waals surface area contributed by atoms with Gasteiger partial charge in [0.1, 0.15) is 16.8 Å². The molecule has 1 aliphatic heterocycles. The third kappa shape index (κ3) is 6.19. The molecule has 1 amide bonds. The van der Waals surface area contributed by atoms with E-state index in [2.05, 4.69) is 32.4 Å². The van der Waals surface area contributed by atoms with Crippen LogP contribution in [0.25, 0.3) is 49.1 Å². The Morgan fingerprint density at radius 1 is 0.860 bits per heavy atom. The van der Waals surface area contributed by atoms with Gasteiger partial charge < -0.3 is 34.2 Å². The fraction of sp³-hybridized carbons (Fsp3) is 0.368. The number of carbonyl (C=O) groups is 1. The van der Waals surface area contributed by atoms with Crippen LogP contribution in [-0.2, 0) is 0 Å². The number of anilines is 1. The number of fused-ring (bicyclic) bond motifs is 4. The number of halogens is 1. The van der Waals surface area contributed by atoms with Crippen molar-refractivity contribution in [1.29, 1.82) is 0 Å². The number of carbonyl (C=O) groups excluding carboxylic acids is 1. The molecule has 260 valence electrons. The molecule has 7 rings (SSSR count). The Bertz CT molecular complexity index is 2430. The minimum Gasteiger partial charge on any atom is -0.451 e. The van der Waals surface area contributed by atoms with Gasteiger partial charge in [-0.05, 0) is 71.7 Å². The first-order valence-corrected chi connectivity index (χ1v) is 17.2. The smallest absolute Gasteiger partial charge is 0.256 e. The summed E-state index contributed by atoms with van der Waals surface area (Å²) in [6.07, 6.45) is 3.78. The van der Waals surface area contributed by atoms with Gasteiger partial charge in [0.15, 0.2) is 27.8 Å². The summed E-state index contributed by atoms with van der Waals surface area (Å²) in [5.74, 6) is -1.27. The van der Waals surface area contributed by atoms with Crippen molar-refractivity contribution in [2.24, 2.45) is 0 Å². The van der Waals surface area contributed by atoms with E-state index in [9.17, 15) is 19.2 Å². The van der Waals surface area contributed by atoms with Crippen LogP contribution >= 0.6 is 0 Å². The van der Waals surface area contributed by atoms with E-state index in [-0.39, 0.29) is 54.9 Å². The Labute approximate surface area is 287 Å². The molecule has 0 unspecified atom stereocenters. The van der Waals surface area contributed by atoms with Gasteiger partial charge in [-0.2, -0.15) is 0 Å². The minimum absolute atomic E-state index is 0.0307. The highest BCUT2D eigenvalue weighted by atomic mass is 19.1. The van der Waals surface area contributed by atoms with Crippen molar-refractivity contribution >= 4 is 60.7 Å². The van der Waals surface area contributed by atoms with E-state index in [0.29, 0.717) is 35.8 Å². The second kappa shape index (κ2) is 13.8. The topological polar surface area (TPSA) is 120 Å². The maximum absolute atomic E-state index is 15.9. The Morgan fingerprint density at radius 2 is 1.56 bits per heavy atom. The number of hydrogen-bond acceptors (Lipinski definition) is 9. The summed E-state index contributed by atoms with van der Waals surface area (Å²) in [5.41, 5.74) is -0.469. The summed E-state index contributed by atoms with van der Waals surface area (Å²) in [6.45, 7) is 6.43. The third-order valence-corrected chi connectivity index (χ3v) is 9.78. The molecule has 0 aliphatic carbocycles. The summed E-state index contributed by atoms with van der Waals surface area (Å²) in [6, 6.07) is 10.8. The first-order chi connectivity index (χ1) is 24.1. The van der Waals surface area contributed by atoms with Gasteiger partial charge in [-0.3, -0.25) is 19.2 Å². The predicted octanol–water partition coefficient (Wildman–Crippen LogP) is 3.92. The second-order valence-electron chi connectivity index (χ2n) is 13.6. The molecule has 50 heavy (non-hydrogen) atoms. The molecule has 3 heterocycles. The van der Waals surface area contributed by atoms with Crippen molar-refractivity contribution in [3.63, 3.8) is 0 Å². The monoisotopic (exact) mass is 680 g/mol. The molecule has 0 atom stereocenters. The molecule has 0 spiro atoms. The lowest BCUT2D eigenvalue weighted by molar-refractivity contribution is 0.0948. The standard InChI is InChI=1S/C38H41FN6O5/c1-42(2)13-7-6-11-40-32-29(39)19-27-33-37(32)50-31-21-26-25(34(46)23-9-4-5-10-24(23)35(26)47)20-30(31)45(33)22-28(36(27)48)38(49)41-12-8-14-44-17-15-43(3)16-18-44/h4-5,9-10,19-22,40H,6-8,11-18H2,1-3H3,(H,41,49). The predicted molar refractivity (Wildman–Crippen MR) is 197 cm³/mol. The number of benzene rings is 4. The van der Waals surface area contributed by atoms with Gasteiger partial charge in [-0.25, -0.2) is 4.39 Å². The first-order valence-electron chi connectivity index (χ1n) is 17.2. The van der Waals surface area contributed by atoms with Gasteiger partial charge in [0, 0.05) is 67.0 Å². The van der Waals surface area contributed by atoms with E-state index in [4.69, 9.17) is 4.42 Å². The molecule has 1 fully saturated rings. The van der Waals surface area contributed by atoms with Crippen molar-refractivity contribution in [3.8, 4) is 0 Å². The summed E-state index contributed by atoms with van der Waals surface area (Å²) in [7, 11) is 6.08. The van der Waals surface area contributed by atoms with Crippen LogP contribution in [0, 0.1) is 5.82 Å². The lowest BCUT2D eigenvalue weighted by Gasteiger charge is -2.32. The molecule has 1 aliphatic rings. The van der Waals surface area contributed by atoms with Crippen LogP contribution in [-0.4, -0.2) is 98.5 Å². The van der Waals surface area contributed by atoms with Crippen LogP contribution in [0.1, 0.15) is 29.6 Å². The van der Waals surface area contributed by atoms with Gasteiger partial charge in [0.25, 0.3) is 5.91 Å². The number of rotatable bonds is 11. The minimum atomic E-state index is -0.699.